The largest absolute Gasteiger partial charge is 0.378 e. The summed E-state index contributed by atoms with van der Waals surface area (Å²) in [6.07, 6.45) is 0. The normalized spacial score (nSPS) is 17.1. The number of thiazole rings is 1. The molecule has 1 N–H and O–H groups in total. The van der Waals surface area contributed by atoms with Crippen molar-refractivity contribution in [1.82, 2.24) is 15.2 Å². The monoisotopic (exact) mass is 283 g/mol. The van der Waals surface area contributed by atoms with Crippen LogP contribution in [0.2, 0.25) is 0 Å². The number of nitrogens with zero attached hydrogens (tertiary/aromatic N) is 2. The van der Waals surface area contributed by atoms with Gasteiger partial charge in [0.2, 0.25) is 5.91 Å². The van der Waals surface area contributed by atoms with E-state index in [0.717, 1.165) is 5.01 Å². The van der Waals surface area contributed by atoms with Crippen LogP contribution >= 0.6 is 11.3 Å². The molecular weight excluding hydrogens is 266 g/mol. The first-order chi connectivity index (χ1) is 9.08. The first-order valence-corrected chi connectivity index (χ1v) is 7.05. The summed E-state index contributed by atoms with van der Waals surface area (Å²) >= 11 is 1.39. The third kappa shape index (κ3) is 3.51. The molecule has 104 valence electrons. The fourth-order valence-electron chi connectivity index (χ4n) is 1.88. The number of hydrogen-bond donors (Lipinski definition) is 1. The number of aromatic nitrogens is 1. The lowest BCUT2D eigenvalue weighted by Crippen LogP contribution is -2.40. The Balaban J connectivity index is 2.03. The zero-order valence-electron chi connectivity index (χ0n) is 11.0. The van der Waals surface area contributed by atoms with Gasteiger partial charge in [0, 0.05) is 25.4 Å². The number of amides is 2. The van der Waals surface area contributed by atoms with Crippen molar-refractivity contribution < 1.29 is 14.3 Å². The molecule has 19 heavy (non-hydrogen) atoms. The van der Waals surface area contributed by atoms with E-state index < -0.39 is 0 Å². The van der Waals surface area contributed by atoms with Gasteiger partial charge in [-0.3, -0.25) is 9.59 Å². The number of rotatable bonds is 3. The Morgan fingerprint density at radius 1 is 1.47 bits per heavy atom. The smallest absolute Gasteiger partial charge is 0.273 e. The highest BCUT2D eigenvalue weighted by Gasteiger charge is 2.22. The highest BCUT2D eigenvalue weighted by Crippen LogP contribution is 2.19. The summed E-state index contributed by atoms with van der Waals surface area (Å²) in [6.45, 7) is 5.67. The van der Waals surface area contributed by atoms with Crippen LogP contribution in [0.15, 0.2) is 5.38 Å². The molecule has 0 aliphatic carbocycles. The molecule has 1 aliphatic rings. The third-order valence-corrected chi connectivity index (χ3v) is 3.86. The van der Waals surface area contributed by atoms with Crippen molar-refractivity contribution in [3.05, 3.63) is 16.1 Å². The van der Waals surface area contributed by atoms with Crippen molar-refractivity contribution in [3.63, 3.8) is 0 Å². The molecule has 0 saturated carbocycles. The zero-order valence-corrected chi connectivity index (χ0v) is 11.8. The van der Waals surface area contributed by atoms with Gasteiger partial charge in [0.05, 0.1) is 19.3 Å². The molecule has 0 spiro atoms. The van der Waals surface area contributed by atoms with E-state index in [1.807, 2.05) is 6.92 Å². The fraction of sp³-hybridized carbons (Fsp3) is 0.583. The fourth-order valence-corrected chi connectivity index (χ4v) is 2.68. The second-order valence-electron chi connectivity index (χ2n) is 4.40. The topological polar surface area (TPSA) is 71.5 Å². The molecular formula is C12H17N3O3S. The summed E-state index contributed by atoms with van der Waals surface area (Å²) in [4.78, 5) is 29.2. The molecule has 1 fully saturated rings. The maximum Gasteiger partial charge on any atom is 0.273 e. The molecule has 0 aromatic carbocycles. The van der Waals surface area contributed by atoms with Crippen LogP contribution in [0.1, 0.15) is 35.4 Å². The van der Waals surface area contributed by atoms with E-state index in [1.54, 1.807) is 10.3 Å². The van der Waals surface area contributed by atoms with E-state index in [4.69, 9.17) is 4.74 Å². The van der Waals surface area contributed by atoms with E-state index in [2.05, 4.69) is 10.3 Å². The van der Waals surface area contributed by atoms with Gasteiger partial charge < -0.3 is 15.0 Å². The average Bonchev–Trinajstić information content (AvgIpc) is 2.88. The van der Waals surface area contributed by atoms with Gasteiger partial charge in [-0.2, -0.15) is 0 Å². The first-order valence-electron chi connectivity index (χ1n) is 6.17. The van der Waals surface area contributed by atoms with E-state index >= 15 is 0 Å². The summed E-state index contributed by atoms with van der Waals surface area (Å²) in [5.74, 6) is -0.176. The standard InChI is InChI=1S/C12H17N3O3S/c1-8(13-9(2)16)11-14-10(7-19-11)12(17)15-3-5-18-6-4-15/h7-8H,3-6H2,1-2H3,(H,13,16). The van der Waals surface area contributed by atoms with E-state index in [9.17, 15) is 9.59 Å². The number of carbonyl (C=O) groups excluding carboxylic acids is 2. The van der Waals surface area contributed by atoms with Crippen LogP contribution in [0.3, 0.4) is 0 Å². The van der Waals surface area contributed by atoms with Crippen molar-refractivity contribution in [3.8, 4) is 0 Å². The Morgan fingerprint density at radius 3 is 2.79 bits per heavy atom. The Morgan fingerprint density at radius 2 is 2.16 bits per heavy atom. The Labute approximate surface area is 115 Å². The minimum atomic E-state index is -0.172. The number of hydrogen-bond acceptors (Lipinski definition) is 5. The van der Waals surface area contributed by atoms with Crippen LogP contribution in [0.25, 0.3) is 0 Å². The lowest BCUT2D eigenvalue weighted by atomic mass is 10.3. The predicted molar refractivity (Wildman–Crippen MR) is 71.1 cm³/mol. The maximum absolute atomic E-state index is 12.2. The lowest BCUT2D eigenvalue weighted by molar-refractivity contribution is -0.119. The molecule has 1 aliphatic heterocycles. The van der Waals surface area contributed by atoms with Gasteiger partial charge in [-0.1, -0.05) is 0 Å². The quantitative estimate of drug-likeness (QED) is 0.891. The molecule has 1 aromatic rings. The lowest BCUT2D eigenvalue weighted by Gasteiger charge is -2.26. The van der Waals surface area contributed by atoms with Crippen LogP contribution in [0.4, 0.5) is 0 Å². The van der Waals surface area contributed by atoms with Gasteiger partial charge in [-0.25, -0.2) is 4.98 Å². The summed E-state index contributed by atoms with van der Waals surface area (Å²) in [5.41, 5.74) is 0.444. The van der Waals surface area contributed by atoms with Crippen LogP contribution in [0.5, 0.6) is 0 Å². The van der Waals surface area contributed by atoms with Crippen molar-refractivity contribution >= 4 is 23.2 Å². The number of morpholine rings is 1. The second kappa shape index (κ2) is 6.12. The summed E-state index contributed by atoms with van der Waals surface area (Å²) in [5, 5.41) is 5.24. The van der Waals surface area contributed by atoms with Crippen molar-refractivity contribution in [1.29, 1.82) is 0 Å². The average molecular weight is 283 g/mol. The summed E-state index contributed by atoms with van der Waals surface area (Å²) < 4.78 is 5.21. The van der Waals surface area contributed by atoms with E-state index in [1.165, 1.54) is 18.3 Å². The van der Waals surface area contributed by atoms with Gasteiger partial charge in [-0.15, -0.1) is 11.3 Å². The molecule has 1 atom stereocenters. The summed E-state index contributed by atoms with van der Waals surface area (Å²) in [6, 6.07) is -0.172. The van der Waals surface area contributed by atoms with Crippen LogP contribution in [-0.2, 0) is 9.53 Å². The van der Waals surface area contributed by atoms with Crippen molar-refractivity contribution in [2.75, 3.05) is 26.3 Å². The minimum absolute atomic E-state index is 0.0687. The number of carbonyl (C=O) groups is 2. The molecule has 0 bridgehead atoms. The molecule has 2 amide bonds. The molecule has 1 unspecified atom stereocenters. The van der Waals surface area contributed by atoms with Gasteiger partial charge >= 0.3 is 0 Å². The molecule has 0 radical (unpaired) electrons. The van der Waals surface area contributed by atoms with Crippen molar-refractivity contribution in [2.24, 2.45) is 0 Å². The Hall–Kier alpha value is -1.47. The van der Waals surface area contributed by atoms with Crippen LogP contribution < -0.4 is 5.32 Å². The van der Waals surface area contributed by atoms with Gasteiger partial charge in [-0.05, 0) is 6.92 Å². The maximum atomic E-state index is 12.2. The van der Waals surface area contributed by atoms with E-state index in [0.29, 0.717) is 32.0 Å². The van der Waals surface area contributed by atoms with Gasteiger partial charge in [0.25, 0.3) is 5.91 Å². The molecule has 7 heteroatoms. The zero-order chi connectivity index (χ0) is 13.8. The van der Waals surface area contributed by atoms with E-state index in [-0.39, 0.29) is 17.9 Å². The molecule has 6 nitrogen and oxygen atoms in total. The summed E-state index contributed by atoms with van der Waals surface area (Å²) in [7, 11) is 0. The number of ether oxygens (including phenoxy) is 1. The Bertz CT molecular complexity index is 469. The highest BCUT2D eigenvalue weighted by molar-refractivity contribution is 7.09. The third-order valence-electron chi connectivity index (χ3n) is 2.83. The van der Waals surface area contributed by atoms with Gasteiger partial charge in [0.1, 0.15) is 10.7 Å². The SMILES string of the molecule is CC(=O)NC(C)c1nc(C(=O)N2CCOCC2)cs1. The highest BCUT2D eigenvalue weighted by atomic mass is 32.1. The molecule has 1 aromatic heterocycles. The minimum Gasteiger partial charge on any atom is -0.378 e. The molecule has 2 rings (SSSR count). The van der Waals surface area contributed by atoms with Gasteiger partial charge in [0.15, 0.2) is 0 Å². The van der Waals surface area contributed by atoms with Crippen LogP contribution in [0, 0.1) is 0 Å². The molecule has 1 saturated heterocycles. The second-order valence-corrected chi connectivity index (χ2v) is 5.29. The predicted octanol–water partition coefficient (Wildman–Crippen LogP) is 0.813. The Kier molecular flexibility index (Phi) is 4.49. The molecule has 2 heterocycles. The van der Waals surface area contributed by atoms with Crippen molar-refractivity contribution in [2.45, 2.75) is 19.9 Å². The number of nitrogens with one attached hydrogen (secondary N) is 1. The first kappa shape index (κ1) is 14.0. The van der Waals surface area contributed by atoms with Crippen LogP contribution in [-0.4, -0.2) is 48.0 Å².